The van der Waals surface area contributed by atoms with Crippen LogP contribution < -0.4 is 0 Å². The van der Waals surface area contributed by atoms with E-state index in [0.29, 0.717) is 13.1 Å². The third-order valence-corrected chi connectivity index (χ3v) is 9.54. The molecule has 1 N–H and O–H groups in total. The van der Waals surface area contributed by atoms with E-state index in [0.717, 1.165) is 25.7 Å². The lowest BCUT2D eigenvalue weighted by molar-refractivity contribution is -0.153. The van der Waals surface area contributed by atoms with Gasteiger partial charge in [-0.25, -0.2) is 0 Å². The van der Waals surface area contributed by atoms with Crippen molar-refractivity contribution in [1.29, 1.82) is 0 Å². The van der Waals surface area contributed by atoms with Gasteiger partial charge in [0, 0.05) is 18.3 Å². The summed E-state index contributed by atoms with van der Waals surface area (Å²) in [5.74, 6) is -1.85. The number of carbonyl (C=O) groups is 3. The van der Waals surface area contributed by atoms with E-state index in [2.05, 4.69) is 27.0 Å². The minimum atomic E-state index is -0.721. The van der Waals surface area contributed by atoms with Crippen molar-refractivity contribution >= 4 is 29.5 Å². The van der Waals surface area contributed by atoms with Gasteiger partial charge in [-0.05, 0) is 25.7 Å². The molecule has 3 aliphatic heterocycles. The van der Waals surface area contributed by atoms with Crippen LogP contribution in [0.15, 0.2) is 25.3 Å². The summed E-state index contributed by atoms with van der Waals surface area (Å²) in [4.78, 5) is 44.3. The van der Waals surface area contributed by atoms with Crippen molar-refractivity contribution in [3.63, 3.8) is 0 Å². The number of unbranched alkanes of at least 4 members (excludes halogenated alkanes) is 2. The van der Waals surface area contributed by atoms with Gasteiger partial charge in [-0.3, -0.25) is 14.4 Å². The van der Waals surface area contributed by atoms with Crippen LogP contribution in [0.1, 0.15) is 46.5 Å². The predicted octanol–water partition coefficient (Wildman–Crippen LogP) is 2.64. The first-order valence-corrected chi connectivity index (χ1v) is 13.0. The van der Waals surface area contributed by atoms with Crippen LogP contribution in [-0.2, 0) is 19.1 Å². The summed E-state index contributed by atoms with van der Waals surface area (Å²) in [6, 6.07) is -1.25. The number of aliphatic hydroxyl groups excluding tert-OH is 1. The van der Waals surface area contributed by atoms with Gasteiger partial charge in [0.2, 0.25) is 11.8 Å². The van der Waals surface area contributed by atoms with Crippen LogP contribution >= 0.6 is 11.8 Å². The molecule has 184 valence electrons. The van der Waals surface area contributed by atoms with Crippen molar-refractivity contribution in [3.8, 4) is 0 Å². The topological polar surface area (TPSA) is 87.1 Å². The Balaban J connectivity index is 2.03. The Hall–Kier alpha value is -1.80. The summed E-state index contributed by atoms with van der Waals surface area (Å²) in [6.07, 6.45) is 6.92. The van der Waals surface area contributed by atoms with Crippen LogP contribution in [-0.4, -0.2) is 81.1 Å². The first-order chi connectivity index (χ1) is 15.8. The van der Waals surface area contributed by atoms with Gasteiger partial charge < -0.3 is 19.6 Å². The fourth-order valence-corrected chi connectivity index (χ4v) is 8.37. The van der Waals surface area contributed by atoms with Crippen molar-refractivity contribution in [2.24, 2.45) is 17.8 Å². The first-order valence-electron chi connectivity index (χ1n) is 12.1. The molecule has 3 heterocycles. The van der Waals surface area contributed by atoms with E-state index in [4.69, 9.17) is 4.74 Å². The Labute approximate surface area is 201 Å². The van der Waals surface area contributed by atoms with Gasteiger partial charge in [0.1, 0.15) is 12.6 Å². The van der Waals surface area contributed by atoms with Crippen molar-refractivity contribution < 1.29 is 24.2 Å². The number of nitrogens with zero attached hydrogens (tertiary/aromatic N) is 2. The molecule has 2 amide bonds. The fourth-order valence-electron chi connectivity index (χ4n) is 5.98. The number of aliphatic hydroxyl groups is 1. The quantitative estimate of drug-likeness (QED) is 0.264. The van der Waals surface area contributed by atoms with Gasteiger partial charge >= 0.3 is 5.97 Å². The zero-order valence-corrected chi connectivity index (χ0v) is 20.9. The molecule has 0 aromatic carbocycles. The van der Waals surface area contributed by atoms with Gasteiger partial charge in [-0.1, -0.05) is 45.4 Å². The second-order valence-electron chi connectivity index (χ2n) is 9.53. The van der Waals surface area contributed by atoms with Gasteiger partial charge in [-0.2, -0.15) is 0 Å². The number of likely N-dealkylation sites (tertiary alicyclic amines) is 1. The van der Waals surface area contributed by atoms with E-state index < -0.39 is 34.6 Å². The van der Waals surface area contributed by atoms with Gasteiger partial charge in [0.15, 0.2) is 0 Å². The average molecular weight is 479 g/mol. The minimum absolute atomic E-state index is 0.0545. The molecule has 8 heteroatoms. The number of carbonyl (C=O) groups excluding carboxylic acids is 3. The van der Waals surface area contributed by atoms with Crippen molar-refractivity contribution in [2.75, 3.05) is 26.3 Å². The van der Waals surface area contributed by atoms with Crippen LogP contribution in [0.3, 0.4) is 0 Å². The lowest BCUT2D eigenvalue weighted by Gasteiger charge is -2.41. The highest BCUT2D eigenvalue weighted by Gasteiger charge is 2.76. The lowest BCUT2D eigenvalue weighted by atomic mass is 9.66. The Morgan fingerprint density at radius 3 is 2.70 bits per heavy atom. The van der Waals surface area contributed by atoms with Gasteiger partial charge in [0.25, 0.3) is 0 Å². The van der Waals surface area contributed by atoms with Gasteiger partial charge in [0.05, 0.1) is 29.2 Å². The van der Waals surface area contributed by atoms with E-state index >= 15 is 0 Å². The van der Waals surface area contributed by atoms with Crippen LogP contribution in [0.5, 0.6) is 0 Å². The molecule has 0 saturated carbocycles. The van der Waals surface area contributed by atoms with Crippen molar-refractivity contribution in [1.82, 2.24) is 9.80 Å². The number of esters is 1. The Morgan fingerprint density at radius 2 is 2.09 bits per heavy atom. The molecular weight excluding hydrogens is 440 g/mol. The third kappa shape index (κ3) is 4.25. The molecule has 0 aromatic heterocycles. The summed E-state index contributed by atoms with van der Waals surface area (Å²) in [6.45, 7) is 14.2. The molecule has 3 unspecified atom stereocenters. The number of rotatable bonds is 12. The highest BCUT2D eigenvalue weighted by Crippen LogP contribution is 2.69. The molecule has 1 spiro atoms. The van der Waals surface area contributed by atoms with Crippen LogP contribution in [0.25, 0.3) is 0 Å². The van der Waals surface area contributed by atoms with Crippen LogP contribution in [0, 0.1) is 17.8 Å². The highest BCUT2D eigenvalue weighted by molar-refractivity contribution is 8.02. The zero-order chi connectivity index (χ0) is 24.3. The Morgan fingerprint density at radius 1 is 1.36 bits per heavy atom. The van der Waals surface area contributed by atoms with Crippen LogP contribution in [0.2, 0.25) is 0 Å². The van der Waals surface area contributed by atoms with E-state index in [1.54, 1.807) is 34.6 Å². The third-order valence-electron chi connectivity index (χ3n) is 7.46. The maximum Gasteiger partial charge on any atom is 0.311 e. The second-order valence-corrected chi connectivity index (χ2v) is 11.1. The van der Waals surface area contributed by atoms with Crippen molar-refractivity contribution in [3.05, 3.63) is 25.3 Å². The van der Waals surface area contributed by atoms with Crippen LogP contribution in [0.4, 0.5) is 0 Å². The molecule has 3 aliphatic rings. The number of amides is 2. The molecule has 3 fully saturated rings. The predicted molar refractivity (Wildman–Crippen MR) is 130 cm³/mol. The average Bonchev–Trinajstić information content (AvgIpc) is 3.39. The smallest absolute Gasteiger partial charge is 0.311 e. The SMILES string of the molecule is C=CCOC(=O)[C@@H]1[C@H]2C(=O)N([C@H](C)CO)C(C(=O)N(CC=C)CCCCC)C23S[C@@H]1CC3C. The Kier molecular flexibility index (Phi) is 8.32. The maximum absolute atomic E-state index is 14.1. The lowest BCUT2D eigenvalue weighted by Crippen LogP contribution is -2.59. The number of fused-ring (bicyclic) bond motifs is 1. The number of ether oxygens (including phenoxy) is 1. The van der Waals surface area contributed by atoms with E-state index in [1.807, 2.05) is 0 Å². The molecule has 2 bridgehead atoms. The molecule has 0 aromatic rings. The maximum atomic E-state index is 14.1. The largest absolute Gasteiger partial charge is 0.461 e. The molecule has 33 heavy (non-hydrogen) atoms. The Bertz CT molecular complexity index is 789. The number of hydrogen-bond acceptors (Lipinski definition) is 6. The summed E-state index contributed by atoms with van der Waals surface area (Å²) in [5, 5.41) is 9.92. The molecule has 7 atom stereocenters. The van der Waals surface area contributed by atoms with Gasteiger partial charge in [-0.15, -0.1) is 18.3 Å². The summed E-state index contributed by atoms with van der Waals surface area (Å²) >= 11 is 1.62. The molecule has 7 nitrogen and oxygen atoms in total. The zero-order valence-electron chi connectivity index (χ0n) is 20.1. The number of hydrogen-bond donors (Lipinski definition) is 1. The van der Waals surface area contributed by atoms with E-state index in [-0.39, 0.29) is 36.2 Å². The number of thioether (sulfide) groups is 1. The summed E-state index contributed by atoms with van der Waals surface area (Å²) in [5.41, 5.74) is 0. The molecule has 0 aliphatic carbocycles. The van der Waals surface area contributed by atoms with Crippen molar-refractivity contribution in [2.45, 2.75) is 68.5 Å². The normalized spacial score (nSPS) is 33.0. The van der Waals surface area contributed by atoms with E-state index in [1.165, 1.54) is 6.08 Å². The van der Waals surface area contributed by atoms with E-state index in [9.17, 15) is 19.5 Å². The highest BCUT2D eigenvalue weighted by atomic mass is 32.2. The monoisotopic (exact) mass is 478 g/mol. The molecule has 0 radical (unpaired) electrons. The first kappa shape index (κ1) is 25.8. The minimum Gasteiger partial charge on any atom is -0.461 e. The fraction of sp³-hybridized carbons (Fsp3) is 0.720. The second kappa shape index (κ2) is 10.6. The molecule has 3 saturated heterocycles. The standard InChI is InChI=1S/C25H38N2O5S/c1-6-9-10-12-26(11-7-2)23(30)21-25-16(4)14-18(33-25)19(24(31)32-13-8-3)20(25)22(29)27(21)17(5)15-28/h7-8,16-21,28H,2-3,6,9-15H2,1,4-5H3/t16?,17-,18-,19+,20+,21?,25?/m1/s1. The summed E-state index contributed by atoms with van der Waals surface area (Å²) in [7, 11) is 0. The molecule has 3 rings (SSSR count). The molecular formula is C25H38N2O5S. The summed E-state index contributed by atoms with van der Waals surface area (Å²) < 4.78 is 4.68.